The van der Waals surface area contributed by atoms with E-state index in [2.05, 4.69) is 5.32 Å². The van der Waals surface area contributed by atoms with E-state index >= 15 is 0 Å². The van der Waals surface area contributed by atoms with Crippen LogP contribution in [-0.4, -0.2) is 17.3 Å². The molecule has 18 heavy (non-hydrogen) atoms. The van der Waals surface area contributed by atoms with E-state index in [1.54, 1.807) is 0 Å². The number of halogens is 1. The Morgan fingerprint density at radius 3 is 2.44 bits per heavy atom. The van der Waals surface area contributed by atoms with Crippen LogP contribution in [0.1, 0.15) is 53.1 Å². The highest BCUT2D eigenvalue weighted by molar-refractivity contribution is 6.21. The fourth-order valence-corrected chi connectivity index (χ4v) is 2.96. The predicted octanol–water partition coefficient (Wildman–Crippen LogP) is 3.48. The number of rotatable bonds is 2. The molecular weight excluding hydrogens is 250 g/mol. The third-order valence-corrected chi connectivity index (χ3v) is 4.31. The number of hydrogen-bond acceptors (Lipinski definition) is 2. The molecule has 2 rings (SSSR count). The number of amides is 1. The molecule has 1 aromatic heterocycles. The highest BCUT2D eigenvalue weighted by Gasteiger charge is 2.27. The van der Waals surface area contributed by atoms with Crippen LogP contribution in [0.25, 0.3) is 0 Å². The fraction of sp³-hybridized carbons (Fsp3) is 0.643. The van der Waals surface area contributed by atoms with Crippen LogP contribution in [0.15, 0.2) is 4.42 Å². The molecule has 1 aliphatic rings. The average molecular weight is 270 g/mol. The van der Waals surface area contributed by atoms with Gasteiger partial charge in [-0.2, -0.15) is 0 Å². The molecule has 1 N–H and O–H groups in total. The lowest BCUT2D eigenvalue weighted by molar-refractivity contribution is 0.0926. The Hall–Kier alpha value is -0.960. The van der Waals surface area contributed by atoms with Gasteiger partial charge in [0.1, 0.15) is 11.5 Å². The molecule has 3 nitrogen and oxygen atoms in total. The van der Waals surface area contributed by atoms with E-state index in [0.29, 0.717) is 11.3 Å². The van der Waals surface area contributed by atoms with Crippen LogP contribution in [0.5, 0.6) is 0 Å². The first-order valence-corrected chi connectivity index (χ1v) is 6.96. The topological polar surface area (TPSA) is 42.2 Å². The van der Waals surface area contributed by atoms with Gasteiger partial charge in [-0.05, 0) is 33.6 Å². The summed E-state index contributed by atoms with van der Waals surface area (Å²) in [5.74, 6) is 1.44. The molecule has 4 heteroatoms. The van der Waals surface area contributed by atoms with E-state index in [9.17, 15) is 4.79 Å². The van der Waals surface area contributed by atoms with Gasteiger partial charge in [0.25, 0.3) is 5.91 Å². The van der Waals surface area contributed by atoms with Crippen molar-refractivity contribution in [1.29, 1.82) is 0 Å². The number of alkyl halides is 1. The van der Waals surface area contributed by atoms with Crippen molar-refractivity contribution in [1.82, 2.24) is 5.32 Å². The van der Waals surface area contributed by atoms with Gasteiger partial charge in [-0.15, -0.1) is 11.6 Å². The maximum atomic E-state index is 12.3. The number of aryl methyl sites for hydroxylation is 2. The summed E-state index contributed by atoms with van der Waals surface area (Å²) < 4.78 is 5.49. The van der Waals surface area contributed by atoms with Gasteiger partial charge < -0.3 is 9.73 Å². The molecule has 2 unspecified atom stereocenters. The predicted molar refractivity (Wildman–Crippen MR) is 72.3 cm³/mol. The Balaban J connectivity index is 2.12. The molecular formula is C14H20ClNO2. The molecule has 1 heterocycles. The highest BCUT2D eigenvalue weighted by atomic mass is 35.5. The average Bonchev–Trinajstić information content (AvgIpc) is 2.56. The Morgan fingerprint density at radius 1 is 1.22 bits per heavy atom. The number of nitrogens with one attached hydrogen (secondary N) is 1. The largest absolute Gasteiger partial charge is 0.466 e. The van der Waals surface area contributed by atoms with E-state index in [4.69, 9.17) is 16.0 Å². The van der Waals surface area contributed by atoms with Crippen molar-refractivity contribution in [2.45, 2.75) is 57.9 Å². The van der Waals surface area contributed by atoms with Gasteiger partial charge in [-0.3, -0.25) is 4.79 Å². The zero-order valence-corrected chi connectivity index (χ0v) is 11.9. The summed E-state index contributed by atoms with van der Waals surface area (Å²) in [5.41, 5.74) is 1.59. The number of carbonyl (C=O) groups excluding carboxylic acids is 1. The molecule has 0 saturated heterocycles. The molecule has 1 fully saturated rings. The van der Waals surface area contributed by atoms with Crippen LogP contribution in [0.4, 0.5) is 0 Å². The van der Waals surface area contributed by atoms with Crippen LogP contribution in [0.3, 0.4) is 0 Å². The van der Waals surface area contributed by atoms with Gasteiger partial charge in [0.2, 0.25) is 0 Å². The van der Waals surface area contributed by atoms with Crippen molar-refractivity contribution >= 4 is 17.5 Å². The van der Waals surface area contributed by atoms with Gasteiger partial charge in [0.05, 0.1) is 10.9 Å². The third kappa shape index (κ3) is 2.56. The summed E-state index contributed by atoms with van der Waals surface area (Å²) >= 11 is 6.26. The maximum absolute atomic E-state index is 12.3. The van der Waals surface area contributed by atoms with Crippen molar-refractivity contribution in [2.24, 2.45) is 0 Å². The first-order chi connectivity index (χ1) is 8.50. The molecule has 2 atom stereocenters. The maximum Gasteiger partial charge on any atom is 0.255 e. The minimum absolute atomic E-state index is 0.0521. The normalized spacial score (nSPS) is 24.0. The number of carbonyl (C=O) groups is 1. The zero-order valence-electron chi connectivity index (χ0n) is 11.2. The van der Waals surface area contributed by atoms with E-state index in [0.717, 1.165) is 37.0 Å². The summed E-state index contributed by atoms with van der Waals surface area (Å²) in [6.07, 6.45) is 4.24. The summed E-state index contributed by atoms with van der Waals surface area (Å²) in [5, 5.41) is 3.10. The molecule has 0 radical (unpaired) electrons. The van der Waals surface area contributed by atoms with Crippen LogP contribution >= 0.6 is 11.6 Å². The van der Waals surface area contributed by atoms with Crippen LogP contribution < -0.4 is 5.32 Å². The van der Waals surface area contributed by atoms with Crippen molar-refractivity contribution in [2.75, 3.05) is 0 Å². The SMILES string of the molecule is Cc1oc(C)c(C(=O)NC2CCCCC2Cl)c1C. The lowest BCUT2D eigenvalue weighted by Gasteiger charge is -2.27. The molecule has 1 saturated carbocycles. The Labute approximate surface area is 113 Å². The second kappa shape index (κ2) is 5.35. The summed E-state index contributed by atoms with van der Waals surface area (Å²) in [6, 6.07) is 0.0851. The standard InChI is InChI=1S/C14H20ClNO2/c1-8-9(2)18-10(3)13(8)14(17)16-12-7-5-4-6-11(12)15/h11-12H,4-7H2,1-3H3,(H,16,17). The lowest BCUT2D eigenvalue weighted by atomic mass is 9.94. The van der Waals surface area contributed by atoms with E-state index < -0.39 is 0 Å². The Bertz CT molecular complexity index is 453. The molecule has 1 aliphatic carbocycles. The van der Waals surface area contributed by atoms with E-state index in [-0.39, 0.29) is 17.3 Å². The highest BCUT2D eigenvalue weighted by Crippen LogP contribution is 2.25. The lowest BCUT2D eigenvalue weighted by Crippen LogP contribution is -2.43. The summed E-state index contributed by atoms with van der Waals surface area (Å²) in [7, 11) is 0. The third-order valence-electron chi connectivity index (χ3n) is 3.79. The second-order valence-electron chi connectivity index (χ2n) is 5.09. The van der Waals surface area contributed by atoms with Gasteiger partial charge >= 0.3 is 0 Å². The minimum atomic E-state index is -0.0561. The zero-order chi connectivity index (χ0) is 13.3. The summed E-state index contributed by atoms with van der Waals surface area (Å²) in [6.45, 7) is 5.62. The van der Waals surface area contributed by atoms with Gasteiger partial charge in [0, 0.05) is 11.6 Å². The molecule has 0 spiro atoms. The monoisotopic (exact) mass is 269 g/mol. The van der Waals surface area contributed by atoms with Gasteiger partial charge in [0.15, 0.2) is 0 Å². The first kappa shape index (κ1) is 13.5. The fourth-order valence-electron chi connectivity index (χ4n) is 2.62. The first-order valence-electron chi connectivity index (χ1n) is 6.52. The summed E-state index contributed by atoms with van der Waals surface area (Å²) in [4.78, 5) is 12.3. The van der Waals surface area contributed by atoms with Crippen molar-refractivity contribution in [3.05, 3.63) is 22.6 Å². The number of furan rings is 1. The molecule has 0 aromatic carbocycles. The quantitative estimate of drug-likeness (QED) is 0.835. The molecule has 0 aliphatic heterocycles. The molecule has 0 bridgehead atoms. The van der Waals surface area contributed by atoms with Crippen LogP contribution in [0.2, 0.25) is 0 Å². The van der Waals surface area contributed by atoms with Crippen LogP contribution in [-0.2, 0) is 0 Å². The smallest absolute Gasteiger partial charge is 0.255 e. The minimum Gasteiger partial charge on any atom is -0.466 e. The van der Waals surface area contributed by atoms with Gasteiger partial charge in [-0.1, -0.05) is 12.8 Å². The van der Waals surface area contributed by atoms with Crippen LogP contribution in [0, 0.1) is 20.8 Å². The van der Waals surface area contributed by atoms with Crippen molar-refractivity contribution in [3.8, 4) is 0 Å². The Morgan fingerprint density at radius 2 is 1.89 bits per heavy atom. The van der Waals surface area contributed by atoms with E-state index in [1.807, 2.05) is 20.8 Å². The Kier molecular flexibility index (Phi) is 4.00. The van der Waals surface area contributed by atoms with Crippen molar-refractivity contribution < 1.29 is 9.21 Å². The number of hydrogen-bond donors (Lipinski definition) is 1. The molecule has 100 valence electrons. The van der Waals surface area contributed by atoms with Crippen molar-refractivity contribution in [3.63, 3.8) is 0 Å². The second-order valence-corrected chi connectivity index (χ2v) is 5.66. The molecule has 1 aromatic rings. The van der Waals surface area contributed by atoms with E-state index in [1.165, 1.54) is 0 Å². The molecule has 1 amide bonds. The van der Waals surface area contributed by atoms with Gasteiger partial charge in [-0.25, -0.2) is 0 Å².